The molecule has 1 aromatic rings. The monoisotopic (exact) mass is 430 g/mol. The minimum Gasteiger partial charge on any atom is -0.349 e. The molecule has 5 nitrogen and oxygen atoms in total. The van der Waals surface area contributed by atoms with Gasteiger partial charge in [-0.2, -0.15) is 4.31 Å². The second-order valence-corrected chi connectivity index (χ2v) is 9.19. The first-order valence-electron chi connectivity index (χ1n) is 9.00. The molecule has 0 saturated heterocycles. The van der Waals surface area contributed by atoms with Crippen LogP contribution in [0.15, 0.2) is 27.6 Å². The van der Waals surface area contributed by atoms with Gasteiger partial charge in [0.2, 0.25) is 10.0 Å². The molecule has 140 valence electrons. The smallest absolute Gasteiger partial charge is 0.252 e. The molecule has 25 heavy (non-hydrogen) atoms. The number of nitrogens with one attached hydrogen (secondary N) is 1. The fourth-order valence-electron chi connectivity index (χ4n) is 3.24. The van der Waals surface area contributed by atoms with Crippen molar-refractivity contribution in [2.75, 3.05) is 13.1 Å². The highest BCUT2D eigenvalue weighted by Crippen LogP contribution is 2.24. The largest absolute Gasteiger partial charge is 0.349 e. The van der Waals surface area contributed by atoms with Crippen LogP contribution in [0.1, 0.15) is 62.7 Å². The van der Waals surface area contributed by atoms with Crippen molar-refractivity contribution < 1.29 is 13.2 Å². The number of rotatable bonds is 6. The Hall–Kier alpha value is -0.920. The number of sulfonamides is 1. The fourth-order valence-corrected chi connectivity index (χ4v) is 5.15. The molecule has 0 radical (unpaired) electrons. The van der Waals surface area contributed by atoms with Crippen molar-refractivity contribution in [1.29, 1.82) is 0 Å². The van der Waals surface area contributed by atoms with Gasteiger partial charge >= 0.3 is 0 Å². The van der Waals surface area contributed by atoms with Crippen molar-refractivity contribution in [3.05, 3.63) is 28.2 Å². The molecule has 7 heteroatoms. The molecule has 0 aromatic heterocycles. The molecule has 1 amide bonds. The number of benzene rings is 1. The van der Waals surface area contributed by atoms with Crippen molar-refractivity contribution in [2.45, 2.75) is 63.3 Å². The van der Waals surface area contributed by atoms with Crippen LogP contribution >= 0.6 is 15.9 Å². The number of amides is 1. The molecule has 1 N–H and O–H groups in total. The first kappa shape index (κ1) is 20.4. The Labute approximate surface area is 159 Å². The minimum absolute atomic E-state index is 0.158. The molecule has 1 aliphatic rings. The third-order valence-electron chi connectivity index (χ3n) is 4.72. The lowest BCUT2D eigenvalue weighted by molar-refractivity contribution is 0.0932. The normalized spacial score (nSPS) is 16.6. The van der Waals surface area contributed by atoms with Crippen LogP contribution in [0.5, 0.6) is 0 Å². The van der Waals surface area contributed by atoms with Crippen LogP contribution < -0.4 is 5.32 Å². The summed E-state index contributed by atoms with van der Waals surface area (Å²) in [5.41, 5.74) is 0.373. The molecule has 0 heterocycles. The number of carbonyl (C=O) groups excluding carboxylic acids is 1. The van der Waals surface area contributed by atoms with Crippen LogP contribution in [0.3, 0.4) is 0 Å². The lowest BCUT2D eigenvalue weighted by atomic mass is 10.1. The van der Waals surface area contributed by atoms with Crippen LogP contribution in [-0.4, -0.2) is 37.8 Å². The standard InChI is InChI=1S/C18H27BrN2O3S/c1-3-21(4-2)25(23,24)15-11-12-17(19)16(13-15)18(22)20-14-9-7-5-6-8-10-14/h11-14H,3-10H2,1-2H3,(H,20,22). The highest BCUT2D eigenvalue weighted by Gasteiger charge is 2.24. The van der Waals surface area contributed by atoms with Crippen LogP contribution in [0.25, 0.3) is 0 Å². The summed E-state index contributed by atoms with van der Waals surface area (Å²) >= 11 is 3.38. The average molecular weight is 431 g/mol. The zero-order valence-corrected chi connectivity index (χ0v) is 17.3. The molecule has 0 bridgehead atoms. The molecular formula is C18H27BrN2O3S. The van der Waals surface area contributed by atoms with Crippen molar-refractivity contribution in [1.82, 2.24) is 9.62 Å². The van der Waals surface area contributed by atoms with E-state index in [-0.39, 0.29) is 16.8 Å². The minimum atomic E-state index is -3.58. The van der Waals surface area contributed by atoms with E-state index in [4.69, 9.17) is 0 Å². The van der Waals surface area contributed by atoms with Crippen LogP contribution in [0.4, 0.5) is 0 Å². The van der Waals surface area contributed by atoms with Crippen LogP contribution in [0.2, 0.25) is 0 Å². The molecule has 0 unspecified atom stereocenters. The predicted octanol–water partition coefficient (Wildman–Crippen LogP) is 3.93. The second kappa shape index (κ2) is 9.14. The first-order valence-corrected chi connectivity index (χ1v) is 11.2. The third-order valence-corrected chi connectivity index (χ3v) is 7.45. The Balaban J connectivity index is 2.24. The zero-order chi connectivity index (χ0) is 18.4. The number of halogens is 1. The van der Waals surface area contributed by atoms with E-state index in [2.05, 4.69) is 21.2 Å². The molecule has 0 atom stereocenters. The van der Waals surface area contributed by atoms with Crippen LogP contribution in [-0.2, 0) is 10.0 Å². The average Bonchev–Trinajstić information content (AvgIpc) is 2.84. The SMILES string of the molecule is CCN(CC)S(=O)(=O)c1ccc(Br)c(C(=O)NC2CCCCCC2)c1. The molecule has 0 aliphatic heterocycles. The molecule has 2 rings (SSSR count). The Morgan fingerprint density at radius 1 is 1.16 bits per heavy atom. The molecule has 1 aliphatic carbocycles. The highest BCUT2D eigenvalue weighted by atomic mass is 79.9. The fraction of sp³-hybridized carbons (Fsp3) is 0.611. The van der Waals surface area contributed by atoms with Gasteiger partial charge in [0.25, 0.3) is 5.91 Å². The number of nitrogens with zero attached hydrogens (tertiary/aromatic N) is 1. The van der Waals surface area contributed by atoms with E-state index in [0.29, 0.717) is 23.1 Å². The van der Waals surface area contributed by atoms with Gasteiger partial charge in [-0.25, -0.2) is 8.42 Å². The number of hydrogen-bond donors (Lipinski definition) is 1. The molecule has 0 spiro atoms. The van der Waals surface area contributed by atoms with Gasteiger partial charge in [0.15, 0.2) is 0 Å². The maximum Gasteiger partial charge on any atom is 0.252 e. The summed E-state index contributed by atoms with van der Waals surface area (Å²) in [6, 6.07) is 4.83. The van der Waals surface area contributed by atoms with Gasteiger partial charge in [0, 0.05) is 23.6 Å². The number of hydrogen-bond acceptors (Lipinski definition) is 3. The van der Waals surface area contributed by atoms with E-state index < -0.39 is 10.0 Å². The van der Waals surface area contributed by atoms with Crippen molar-refractivity contribution in [2.24, 2.45) is 0 Å². The summed E-state index contributed by atoms with van der Waals surface area (Å²) in [4.78, 5) is 12.8. The maximum absolute atomic E-state index is 12.7. The van der Waals surface area contributed by atoms with E-state index in [1.54, 1.807) is 26.0 Å². The molecule has 1 saturated carbocycles. The second-order valence-electron chi connectivity index (χ2n) is 6.39. The summed E-state index contributed by atoms with van der Waals surface area (Å²) in [5.74, 6) is -0.213. The van der Waals surface area contributed by atoms with Gasteiger partial charge in [-0.15, -0.1) is 0 Å². The summed E-state index contributed by atoms with van der Waals surface area (Å²) in [5, 5.41) is 3.07. The highest BCUT2D eigenvalue weighted by molar-refractivity contribution is 9.10. The maximum atomic E-state index is 12.7. The predicted molar refractivity (Wildman–Crippen MR) is 103 cm³/mol. The van der Waals surface area contributed by atoms with Gasteiger partial charge < -0.3 is 5.32 Å². The third kappa shape index (κ3) is 5.05. The summed E-state index contributed by atoms with van der Waals surface area (Å²) in [7, 11) is -3.58. The van der Waals surface area contributed by atoms with E-state index in [1.807, 2.05) is 0 Å². The van der Waals surface area contributed by atoms with E-state index in [0.717, 1.165) is 25.7 Å². The number of carbonyl (C=O) groups is 1. The van der Waals surface area contributed by atoms with E-state index in [1.165, 1.54) is 23.2 Å². The van der Waals surface area contributed by atoms with Crippen LogP contribution in [0, 0.1) is 0 Å². The Morgan fingerprint density at radius 3 is 2.32 bits per heavy atom. The van der Waals surface area contributed by atoms with Gasteiger partial charge in [-0.1, -0.05) is 39.5 Å². The van der Waals surface area contributed by atoms with Crippen molar-refractivity contribution in [3.8, 4) is 0 Å². The lowest BCUT2D eigenvalue weighted by Gasteiger charge is -2.20. The summed E-state index contributed by atoms with van der Waals surface area (Å²) in [6.45, 7) is 4.41. The zero-order valence-electron chi connectivity index (χ0n) is 14.9. The molecule has 1 aromatic carbocycles. The van der Waals surface area contributed by atoms with Gasteiger partial charge in [0.05, 0.1) is 10.5 Å². The van der Waals surface area contributed by atoms with E-state index in [9.17, 15) is 13.2 Å². The molecular weight excluding hydrogens is 404 g/mol. The Kier molecular flexibility index (Phi) is 7.46. The Morgan fingerprint density at radius 2 is 1.76 bits per heavy atom. The Bertz CT molecular complexity index is 694. The van der Waals surface area contributed by atoms with Gasteiger partial charge in [0.1, 0.15) is 0 Å². The van der Waals surface area contributed by atoms with Crippen molar-refractivity contribution in [3.63, 3.8) is 0 Å². The summed E-state index contributed by atoms with van der Waals surface area (Å²) in [6.07, 6.45) is 6.66. The summed E-state index contributed by atoms with van der Waals surface area (Å²) < 4.78 is 27.4. The quantitative estimate of drug-likeness (QED) is 0.694. The molecule has 1 fully saturated rings. The van der Waals surface area contributed by atoms with Gasteiger partial charge in [-0.05, 0) is 47.0 Å². The first-order chi connectivity index (χ1) is 11.9. The lowest BCUT2D eigenvalue weighted by Crippen LogP contribution is -2.35. The van der Waals surface area contributed by atoms with Gasteiger partial charge in [-0.3, -0.25) is 4.79 Å². The van der Waals surface area contributed by atoms with Crippen molar-refractivity contribution >= 4 is 31.9 Å². The van der Waals surface area contributed by atoms with E-state index >= 15 is 0 Å². The topological polar surface area (TPSA) is 66.5 Å².